The van der Waals surface area contributed by atoms with E-state index in [4.69, 9.17) is 18.6 Å². The number of aryl methyl sites for hydroxylation is 2. The molecule has 4 rings (SSSR count). The van der Waals surface area contributed by atoms with E-state index < -0.39 is 15.9 Å². The van der Waals surface area contributed by atoms with Gasteiger partial charge in [-0.1, -0.05) is 23.9 Å². The monoisotopic (exact) mass is 548 g/mol. The third kappa shape index (κ3) is 6.80. The van der Waals surface area contributed by atoms with E-state index in [0.717, 1.165) is 28.6 Å². The number of benzene rings is 2. The molecule has 0 bridgehead atoms. The van der Waals surface area contributed by atoms with Gasteiger partial charge in [-0.25, -0.2) is 8.42 Å². The van der Waals surface area contributed by atoms with Crippen molar-refractivity contribution in [3.8, 4) is 11.5 Å². The molecule has 3 aromatic rings. The molecule has 1 aromatic heterocycles. The van der Waals surface area contributed by atoms with Crippen LogP contribution in [0.25, 0.3) is 0 Å². The highest BCUT2D eigenvalue weighted by Crippen LogP contribution is 2.30. The molecule has 1 aliphatic heterocycles. The Kier molecular flexibility index (Phi) is 8.69. The Labute approximate surface area is 219 Å². The second-order valence-electron chi connectivity index (χ2n) is 8.23. The van der Waals surface area contributed by atoms with Gasteiger partial charge in [-0.3, -0.25) is 4.79 Å². The quantitative estimate of drug-likeness (QED) is 0.377. The molecule has 1 fully saturated rings. The maximum absolute atomic E-state index is 13.0. The van der Waals surface area contributed by atoms with Crippen molar-refractivity contribution in [3.05, 3.63) is 53.4 Å². The van der Waals surface area contributed by atoms with Crippen LogP contribution in [0.4, 0.5) is 5.69 Å². The molecule has 0 unspecified atom stereocenters. The number of hydrogen-bond acceptors (Lipinski definition) is 10. The van der Waals surface area contributed by atoms with E-state index in [9.17, 15) is 13.2 Å². The molecule has 1 saturated heterocycles. The Morgan fingerprint density at radius 3 is 2.65 bits per heavy atom. The molecule has 1 amide bonds. The Bertz CT molecular complexity index is 1350. The minimum absolute atomic E-state index is 0.0386. The number of thioether (sulfide) groups is 1. The van der Waals surface area contributed by atoms with Crippen LogP contribution in [0.15, 0.2) is 50.9 Å². The fraction of sp³-hybridized carbons (Fsp3) is 0.375. The summed E-state index contributed by atoms with van der Waals surface area (Å²) in [5.74, 6) is 0.923. The van der Waals surface area contributed by atoms with Crippen LogP contribution in [0.1, 0.15) is 17.0 Å². The Morgan fingerprint density at radius 1 is 1.11 bits per heavy atom. The summed E-state index contributed by atoms with van der Waals surface area (Å²) in [6.07, 6.45) is 0. The number of amides is 1. The van der Waals surface area contributed by atoms with Gasteiger partial charge in [0.25, 0.3) is 11.1 Å². The molecule has 0 spiro atoms. The van der Waals surface area contributed by atoms with E-state index in [1.54, 1.807) is 0 Å². The summed E-state index contributed by atoms with van der Waals surface area (Å²) in [5, 5.41) is 10.8. The standard InChI is InChI=1S/C24H28N4O7S2/c1-16-4-5-17(2)21(12-16)34-14-23-26-27-24(35-23)36-15-22(29)25-19-13-18(6-7-20(19)32-3)37(30,31)28-8-10-33-11-9-28/h4-7,12-13H,8-11,14-15H2,1-3H3,(H,25,29). The van der Waals surface area contributed by atoms with Crippen molar-refractivity contribution in [2.24, 2.45) is 0 Å². The minimum Gasteiger partial charge on any atom is -0.495 e. The molecule has 0 saturated carbocycles. The van der Waals surface area contributed by atoms with Crippen LogP contribution < -0.4 is 14.8 Å². The van der Waals surface area contributed by atoms with Crippen LogP contribution >= 0.6 is 11.8 Å². The molecule has 2 aromatic carbocycles. The maximum atomic E-state index is 13.0. The lowest BCUT2D eigenvalue weighted by Crippen LogP contribution is -2.40. The molecular formula is C24H28N4O7S2. The molecule has 1 N–H and O–H groups in total. The second-order valence-corrected chi connectivity index (χ2v) is 11.1. The van der Waals surface area contributed by atoms with Gasteiger partial charge in [0.2, 0.25) is 15.9 Å². The van der Waals surface area contributed by atoms with E-state index in [1.807, 2.05) is 32.0 Å². The number of nitrogens with zero attached hydrogens (tertiary/aromatic N) is 3. The third-order valence-electron chi connectivity index (χ3n) is 5.52. The van der Waals surface area contributed by atoms with Crippen molar-refractivity contribution < 1.29 is 31.8 Å². The van der Waals surface area contributed by atoms with E-state index in [1.165, 1.54) is 29.6 Å². The van der Waals surface area contributed by atoms with Crippen molar-refractivity contribution in [1.29, 1.82) is 0 Å². The van der Waals surface area contributed by atoms with E-state index in [-0.39, 0.29) is 47.1 Å². The molecule has 37 heavy (non-hydrogen) atoms. The van der Waals surface area contributed by atoms with Crippen molar-refractivity contribution >= 4 is 33.4 Å². The summed E-state index contributed by atoms with van der Waals surface area (Å²) in [5.41, 5.74) is 2.32. The number of carbonyl (C=O) groups is 1. The Balaban J connectivity index is 1.35. The normalized spacial score (nSPS) is 14.4. The van der Waals surface area contributed by atoms with Gasteiger partial charge in [-0.05, 0) is 49.2 Å². The van der Waals surface area contributed by atoms with Gasteiger partial charge in [-0.15, -0.1) is 10.2 Å². The van der Waals surface area contributed by atoms with E-state index >= 15 is 0 Å². The first kappa shape index (κ1) is 26.9. The number of morpholine rings is 1. The first-order valence-electron chi connectivity index (χ1n) is 11.5. The summed E-state index contributed by atoms with van der Waals surface area (Å²) in [6.45, 7) is 5.25. The van der Waals surface area contributed by atoms with Crippen LogP contribution in [0.2, 0.25) is 0 Å². The predicted octanol–water partition coefficient (Wildman–Crippen LogP) is 3.03. The van der Waals surface area contributed by atoms with Crippen LogP contribution in [-0.2, 0) is 26.2 Å². The van der Waals surface area contributed by atoms with Crippen molar-refractivity contribution in [3.63, 3.8) is 0 Å². The Hall–Kier alpha value is -3.13. The number of anilines is 1. The molecular weight excluding hydrogens is 520 g/mol. The van der Waals surface area contributed by atoms with Gasteiger partial charge in [0.1, 0.15) is 11.5 Å². The van der Waals surface area contributed by atoms with Crippen LogP contribution in [0, 0.1) is 13.8 Å². The average molecular weight is 549 g/mol. The fourth-order valence-electron chi connectivity index (χ4n) is 3.55. The number of nitrogens with one attached hydrogen (secondary N) is 1. The molecule has 0 atom stereocenters. The minimum atomic E-state index is -3.73. The topological polar surface area (TPSA) is 133 Å². The highest BCUT2D eigenvalue weighted by molar-refractivity contribution is 7.99. The lowest BCUT2D eigenvalue weighted by atomic mass is 10.1. The molecule has 1 aliphatic rings. The zero-order valence-corrected chi connectivity index (χ0v) is 22.4. The number of rotatable bonds is 10. The van der Waals surface area contributed by atoms with E-state index in [2.05, 4.69) is 15.5 Å². The average Bonchev–Trinajstić information content (AvgIpc) is 3.36. The smallest absolute Gasteiger partial charge is 0.277 e. The Morgan fingerprint density at radius 2 is 1.89 bits per heavy atom. The predicted molar refractivity (Wildman–Crippen MR) is 136 cm³/mol. The van der Waals surface area contributed by atoms with Gasteiger partial charge in [0.05, 0.1) is 36.7 Å². The summed E-state index contributed by atoms with van der Waals surface area (Å²) < 4.78 is 49.2. The van der Waals surface area contributed by atoms with Gasteiger partial charge in [0.15, 0.2) is 6.61 Å². The SMILES string of the molecule is COc1ccc(S(=O)(=O)N2CCOCC2)cc1NC(=O)CSc1nnc(COc2cc(C)ccc2C)o1. The summed E-state index contributed by atoms with van der Waals surface area (Å²) in [7, 11) is -2.29. The van der Waals surface area contributed by atoms with Crippen molar-refractivity contribution in [2.75, 3.05) is 44.5 Å². The number of ether oxygens (including phenoxy) is 3. The molecule has 13 heteroatoms. The summed E-state index contributed by atoms with van der Waals surface area (Å²) in [4.78, 5) is 12.7. The lowest BCUT2D eigenvalue weighted by molar-refractivity contribution is -0.113. The number of methoxy groups -OCH3 is 1. The molecule has 11 nitrogen and oxygen atoms in total. The zero-order valence-electron chi connectivity index (χ0n) is 20.7. The van der Waals surface area contributed by atoms with Crippen LogP contribution in [0.5, 0.6) is 11.5 Å². The highest BCUT2D eigenvalue weighted by atomic mass is 32.2. The largest absolute Gasteiger partial charge is 0.495 e. The summed E-state index contributed by atoms with van der Waals surface area (Å²) >= 11 is 1.05. The van der Waals surface area contributed by atoms with Gasteiger partial charge < -0.3 is 23.9 Å². The van der Waals surface area contributed by atoms with Crippen molar-refractivity contribution in [2.45, 2.75) is 30.6 Å². The van der Waals surface area contributed by atoms with Crippen LogP contribution in [0.3, 0.4) is 0 Å². The molecule has 2 heterocycles. The lowest BCUT2D eigenvalue weighted by Gasteiger charge is -2.26. The second kappa shape index (κ2) is 11.9. The molecule has 198 valence electrons. The highest BCUT2D eigenvalue weighted by Gasteiger charge is 2.27. The van der Waals surface area contributed by atoms with E-state index in [0.29, 0.717) is 19.0 Å². The number of hydrogen-bond donors (Lipinski definition) is 1. The first-order chi connectivity index (χ1) is 17.8. The number of carbonyl (C=O) groups excluding carboxylic acids is 1. The molecule has 0 aliphatic carbocycles. The maximum Gasteiger partial charge on any atom is 0.277 e. The third-order valence-corrected chi connectivity index (χ3v) is 8.24. The van der Waals surface area contributed by atoms with Gasteiger partial charge >= 0.3 is 0 Å². The fourth-order valence-corrected chi connectivity index (χ4v) is 5.57. The first-order valence-corrected chi connectivity index (χ1v) is 13.9. The van der Waals surface area contributed by atoms with Crippen molar-refractivity contribution in [1.82, 2.24) is 14.5 Å². The number of sulfonamides is 1. The number of aromatic nitrogens is 2. The zero-order chi connectivity index (χ0) is 26.4. The van der Waals surface area contributed by atoms with Gasteiger partial charge in [0, 0.05) is 13.1 Å². The van der Waals surface area contributed by atoms with Crippen LogP contribution in [-0.4, -0.2) is 68.0 Å². The summed E-state index contributed by atoms with van der Waals surface area (Å²) in [6, 6.07) is 10.3. The van der Waals surface area contributed by atoms with Gasteiger partial charge in [-0.2, -0.15) is 4.31 Å². The molecule has 0 radical (unpaired) electrons.